The van der Waals surface area contributed by atoms with Crippen molar-refractivity contribution in [2.75, 3.05) is 4.90 Å². The second kappa shape index (κ2) is 15.3. The number of hydrazine groups is 1. The molecule has 320 valence electrons. The van der Waals surface area contributed by atoms with E-state index in [1.165, 1.54) is 101 Å². The SMILES string of the molecule is C1=C(c2ccccc2-c2ccc(-c3ccc4c(c3)C3(c5ccccc5-4)c4ccccc4N(c4ccccc4)c4ccccc43)cc2)N2C(c3ccc(-c4ccccc4)cc3)N2C1c1ccccc1. The van der Waals surface area contributed by atoms with E-state index in [0.717, 1.165) is 5.69 Å². The van der Waals surface area contributed by atoms with E-state index in [1.54, 1.807) is 0 Å². The zero-order valence-corrected chi connectivity index (χ0v) is 37.3. The topological polar surface area (TPSA) is 9.26 Å². The first-order chi connectivity index (χ1) is 33.8. The second-order valence-electron chi connectivity index (χ2n) is 18.4. The van der Waals surface area contributed by atoms with Gasteiger partial charge in [0.25, 0.3) is 0 Å². The van der Waals surface area contributed by atoms with Crippen molar-refractivity contribution in [1.29, 1.82) is 0 Å². The van der Waals surface area contributed by atoms with Crippen LogP contribution in [0.25, 0.3) is 50.2 Å². The van der Waals surface area contributed by atoms with Gasteiger partial charge in [0.05, 0.1) is 28.5 Å². The summed E-state index contributed by atoms with van der Waals surface area (Å²) >= 11 is 0. The van der Waals surface area contributed by atoms with Crippen LogP contribution in [-0.2, 0) is 5.41 Å². The number of anilines is 3. The number of hydrogen-bond donors (Lipinski definition) is 0. The number of benzene rings is 10. The molecular weight excluding hydrogens is 823 g/mol. The molecule has 1 saturated heterocycles. The van der Waals surface area contributed by atoms with Crippen LogP contribution < -0.4 is 4.90 Å². The Kier molecular flexibility index (Phi) is 8.71. The fraction of sp³-hybridized carbons (Fsp3) is 0.0462. The molecule has 0 saturated carbocycles. The molecule has 0 radical (unpaired) electrons. The van der Waals surface area contributed by atoms with Gasteiger partial charge in [-0.25, -0.2) is 0 Å². The number of rotatable bonds is 7. The minimum Gasteiger partial charge on any atom is -0.310 e. The van der Waals surface area contributed by atoms with Crippen molar-refractivity contribution >= 4 is 22.8 Å². The Morgan fingerprint density at radius 1 is 0.324 bits per heavy atom. The molecule has 3 heterocycles. The zero-order chi connectivity index (χ0) is 44.8. The van der Waals surface area contributed by atoms with Crippen LogP contribution in [0.15, 0.2) is 261 Å². The fourth-order valence-corrected chi connectivity index (χ4v) is 11.9. The van der Waals surface area contributed by atoms with E-state index in [1.807, 2.05) is 0 Å². The number of fused-ring (bicyclic) bond motifs is 10. The standard InChI is InChI=1S/C65H45N3/c1-4-18-44(19-5-1)45-34-38-49(39-35-45)64-67-62(48-20-6-2-7-21-48)43-63(68(64)67)55-26-11-10-24-52(55)47-36-32-46(33-37-47)50-40-41-54-53-25-12-13-27-56(53)65(59(54)42-50)57-28-14-16-30-60(57)66(51-22-8-3-9-23-51)61-31-17-15-29-58(61)65/h1-43,62,64H. The lowest BCUT2D eigenvalue weighted by molar-refractivity contribution is 0.365. The molecule has 0 amide bonds. The monoisotopic (exact) mass is 867 g/mol. The molecule has 3 aliphatic heterocycles. The predicted octanol–water partition coefficient (Wildman–Crippen LogP) is 16.2. The van der Waals surface area contributed by atoms with Gasteiger partial charge in [0.2, 0.25) is 0 Å². The van der Waals surface area contributed by atoms with E-state index in [0.29, 0.717) is 0 Å². The van der Waals surface area contributed by atoms with E-state index in [-0.39, 0.29) is 12.2 Å². The first kappa shape index (κ1) is 38.7. The van der Waals surface area contributed by atoms with Crippen LogP contribution in [0.2, 0.25) is 0 Å². The highest BCUT2D eigenvalue weighted by Gasteiger charge is 2.56. The first-order valence-electron chi connectivity index (χ1n) is 23.7. The van der Waals surface area contributed by atoms with Gasteiger partial charge >= 0.3 is 0 Å². The molecule has 3 nitrogen and oxygen atoms in total. The molecule has 3 unspecified atom stereocenters. The lowest BCUT2D eigenvalue weighted by atomic mass is 9.64. The Balaban J connectivity index is 0.846. The normalized spacial score (nSPS) is 17.7. The maximum atomic E-state index is 2.53. The van der Waals surface area contributed by atoms with E-state index in [9.17, 15) is 0 Å². The van der Waals surface area contributed by atoms with Crippen molar-refractivity contribution in [2.45, 2.75) is 17.6 Å². The summed E-state index contributed by atoms with van der Waals surface area (Å²) in [6, 6.07) is 94.2. The molecular formula is C65H45N3. The van der Waals surface area contributed by atoms with Crippen LogP contribution in [0, 0.1) is 0 Å². The van der Waals surface area contributed by atoms with E-state index in [4.69, 9.17) is 0 Å². The lowest BCUT2D eigenvalue weighted by Crippen LogP contribution is -2.36. The third-order valence-electron chi connectivity index (χ3n) is 14.9. The van der Waals surface area contributed by atoms with Gasteiger partial charge in [-0.05, 0) is 114 Å². The van der Waals surface area contributed by atoms with Gasteiger partial charge in [-0.1, -0.05) is 224 Å². The van der Waals surface area contributed by atoms with Gasteiger partial charge in [-0.2, -0.15) is 5.01 Å². The summed E-state index contributed by atoms with van der Waals surface area (Å²) in [5.41, 5.74) is 23.3. The third kappa shape index (κ3) is 5.76. The summed E-state index contributed by atoms with van der Waals surface area (Å²) in [6.45, 7) is 0. The molecule has 68 heavy (non-hydrogen) atoms. The van der Waals surface area contributed by atoms with E-state index in [2.05, 4.69) is 276 Å². The molecule has 3 heteroatoms. The molecule has 0 N–H and O–H groups in total. The summed E-state index contributed by atoms with van der Waals surface area (Å²) < 4.78 is 0. The van der Waals surface area contributed by atoms with Crippen molar-refractivity contribution in [3.8, 4) is 44.5 Å². The summed E-state index contributed by atoms with van der Waals surface area (Å²) in [5.74, 6) is 0. The van der Waals surface area contributed by atoms with Gasteiger partial charge in [-0.15, -0.1) is 0 Å². The molecule has 0 aromatic heterocycles. The lowest BCUT2D eigenvalue weighted by Gasteiger charge is -2.45. The first-order valence-corrected chi connectivity index (χ1v) is 23.7. The van der Waals surface area contributed by atoms with Gasteiger partial charge in [0.1, 0.15) is 6.17 Å². The molecule has 0 bridgehead atoms. The molecule has 1 fully saturated rings. The van der Waals surface area contributed by atoms with Gasteiger partial charge < -0.3 is 4.90 Å². The number of para-hydroxylation sites is 3. The summed E-state index contributed by atoms with van der Waals surface area (Å²) in [5, 5.41) is 5.03. The highest BCUT2D eigenvalue weighted by Crippen LogP contribution is 2.64. The van der Waals surface area contributed by atoms with Crippen molar-refractivity contribution in [3.63, 3.8) is 0 Å². The summed E-state index contributed by atoms with van der Waals surface area (Å²) in [6.07, 6.45) is 2.61. The zero-order valence-electron chi connectivity index (χ0n) is 37.3. The fourth-order valence-electron chi connectivity index (χ4n) is 11.9. The minimum absolute atomic E-state index is 0.138. The van der Waals surface area contributed by atoms with Gasteiger partial charge in [-0.3, -0.25) is 5.01 Å². The Hall–Kier alpha value is -8.50. The van der Waals surface area contributed by atoms with Crippen LogP contribution in [0.5, 0.6) is 0 Å². The average molecular weight is 868 g/mol. The second-order valence-corrected chi connectivity index (χ2v) is 18.4. The molecule has 10 aromatic carbocycles. The van der Waals surface area contributed by atoms with Gasteiger partial charge in [0.15, 0.2) is 0 Å². The summed E-state index contributed by atoms with van der Waals surface area (Å²) in [7, 11) is 0. The van der Waals surface area contributed by atoms with Crippen molar-refractivity contribution in [1.82, 2.24) is 10.0 Å². The van der Waals surface area contributed by atoms with Crippen LogP contribution in [0.4, 0.5) is 17.1 Å². The van der Waals surface area contributed by atoms with Crippen molar-refractivity contribution in [2.24, 2.45) is 0 Å². The Morgan fingerprint density at radius 2 is 0.809 bits per heavy atom. The molecule has 4 aliphatic rings. The molecule has 3 atom stereocenters. The predicted molar refractivity (Wildman–Crippen MR) is 278 cm³/mol. The quantitative estimate of drug-likeness (QED) is 0.148. The molecule has 14 rings (SSSR count). The highest BCUT2D eigenvalue weighted by molar-refractivity contribution is 5.96. The maximum Gasteiger partial charge on any atom is 0.141 e. The third-order valence-corrected chi connectivity index (χ3v) is 14.9. The average Bonchev–Trinajstić information content (AvgIpc) is 3.91. The number of nitrogens with zero attached hydrogens (tertiary/aromatic N) is 3. The smallest absolute Gasteiger partial charge is 0.141 e. The van der Waals surface area contributed by atoms with Gasteiger partial charge in [0, 0.05) is 11.3 Å². The molecule has 1 aliphatic carbocycles. The van der Waals surface area contributed by atoms with E-state index < -0.39 is 5.41 Å². The molecule has 1 spiro atoms. The van der Waals surface area contributed by atoms with Crippen molar-refractivity contribution in [3.05, 3.63) is 300 Å². The Labute approximate surface area is 397 Å². The highest BCUT2D eigenvalue weighted by atomic mass is 15.9. The number of hydrogen-bond acceptors (Lipinski definition) is 3. The molecule has 10 aromatic rings. The maximum absolute atomic E-state index is 2.53. The minimum atomic E-state index is -0.500. The van der Waals surface area contributed by atoms with Crippen LogP contribution in [-0.4, -0.2) is 10.0 Å². The van der Waals surface area contributed by atoms with Crippen molar-refractivity contribution < 1.29 is 0 Å². The Morgan fingerprint density at radius 3 is 1.50 bits per heavy atom. The summed E-state index contributed by atoms with van der Waals surface area (Å²) in [4.78, 5) is 2.45. The Bertz CT molecular complexity index is 3530. The van der Waals surface area contributed by atoms with E-state index >= 15 is 0 Å². The largest absolute Gasteiger partial charge is 0.310 e. The van der Waals surface area contributed by atoms with Crippen LogP contribution in [0.1, 0.15) is 51.2 Å². The van der Waals surface area contributed by atoms with Crippen LogP contribution >= 0.6 is 0 Å². The van der Waals surface area contributed by atoms with Crippen LogP contribution in [0.3, 0.4) is 0 Å².